The molecule has 0 saturated heterocycles. The molecule has 50 heavy (non-hydrogen) atoms. The lowest BCUT2D eigenvalue weighted by Crippen LogP contribution is -2.41. The third kappa shape index (κ3) is 24.9. The summed E-state index contributed by atoms with van der Waals surface area (Å²) >= 11 is 0. The van der Waals surface area contributed by atoms with Gasteiger partial charge in [0.1, 0.15) is 25.0 Å². The average molecular weight is 711 g/mol. The van der Waals surface area contributed by atoms with Crippen LogP contribution in [0.3, 0.4) is 0 Å². The molecule has 16 nitrogen and oxygen atoms in total. The minimum atomic E-state index is -1.20. The molecule has 1 rings (SSSR count). The summed E-state index contributed by atoms with van der Waals surface area (Å²) in [6.07, 6.45) is 7.95. The lowest BCUT2D eigenvalue weighted by molar-refractivity contribution is -0.142. The maximum Gasteiger partial charge on any atom is 0.335 e. The van der Waals surface area contributed by atoms with Gasteiger partial charge in [-0.05, 0) is 37.5 Å². The molecule has 0 bridgehead atoms. The van der Waals surface area contributed by atoms with Crippen LogP contribution in [0.2, 0.25) is 0 Å². The van der Waals surface area contributed by atoms with E-state index in [4.69, 9.17) is 28.8 Å². The van der Waals surface area contributed by atoms with Crippen molar-refractivity contribution in [3.8, 4) is 5.75 Å². The van der Waals surface area contributed by atoms with Gasteiger partial charge in [0.15, 0.2) is 0 Å². The van der Waals surface area contributed by atoms with Crippen LogP contribution in [0.15, 0.2) is 24.3 Å². The minimum absolute atomic E-state index is 0.0425. The van der Waals surface area contributed by atoms with E-state index in [0.29, 0.717) is 38.5 Å². The Labute approximate surface area is 292 Å². The Kier molecular flexibility index (Phi) is 26.1. The molecule has 281 valence electrons. The van der Waals surface area contributed by atoms with Crippen LogP contribution in [0.4, 0.5) is 0 Å². The van der Waals surface area contributed by atoms with Crippen LogP contribution in [0, 0.1) is 0 Å². The quantitative estimate of drug-likeness (QED) is 0.0655. The highest BCUT2D eigenvalue weighted by molar-refractivity contribution is 5.88. The van der Waals surface area contributed by atoms with Gasteiger partial charge in [-0.2, -0.15) is 0 Å². The molecule has 1 atom stereocenters. The number of unbranched alkanes of at least 4 members (excludes halogenated alkanes) is 6. The zero-order valence-electron chi connectivity index (χ0n) is 28.6. The number of hydrogen-bond donors (Lipinski definition) is 5. The fraction of sp³-hybridized carbons (Fsp3) is 0.647. The number of carbonyl (C=O) groups excluding carboxylic acids is 4. The molecule has 16 heteroatoms. The number of carbonyl (C=O) groups is 5. The highest BCUT2D eigenvalue weighted by atomic mass is 16.5. The van der Waals surface area contributed by atoms with E-state index in [1.54, 1.807) is 18.4 Å². The van der Waals surface area contributed by atoms with E-state index in [1.807, 2.05) is 0 Å². The molecule has 3 amide bonds. The molecule has 0 aliphatic carbocycles. The first-order valence-corrected chi connectivity index (χ1v) is 16.9. The maximum absolute atomic E-state index is 12.3. The number of aliphatic carboxylic acids is 1. The molecule has 1 radical (unpaired) electrons. The van der Waals surface area contributed by atoms with Crippen molar-refractivity contribution in [3.05, 3.63) is 29.8 Å². The summed E-state index contributed by atoms with van der Waals surface area (Å²) in [5, 5.41) is 26.2. The summed E-state index contributed by atoms with van der Waals surface area (Å²) in [6, 6.07) is 5.23. The summed E-state index contributed by atoms with van der Waals surface area (Å²) in [5.74, 6) is -2.70. The summed E-state index contributed by atoms with van der Waals surface area (Å²) in [7, 11) is 0. The summed E-state index contributed by atoms with van der Waals surface area (Å²) in [5.41, 5.74) is 0.189. The van der Waals surface area contributed by atoms with E-state index in [9.17, 15) is 33.9 Å². The molecule has 0 aliphatic heterocycles. The zero-order valence-corrected chi connectivity index (χ0v) is 28.6. The van der Waals surface area contributed by atoms with Gasteiger partial charge in [0, 0.05) is 25.9 Å². The third-order valence-electron chi connectivity index (χ3n) is 6.97. The van der Waals surface area contributed by atoms with Gasteiger partial charge in [-0.25, -0.2) is 9.59 Å². The number of amides is 3. The largest absolute Gasteiger partial charge is 0.494 e. The van der Waals surface area contributed by atoms with Crippen molar-refractivity contribution in [2.75, 3.05) is 72.6 Å². The Balaban J connectivity index is 1.98. The normalized spacial score (nSPS) is 11.4. The number of ether oxygens (including phenoxy) is 5. The van der Waals surface area contributed by atoms with Crippen LogP contribution in [0.1, 0.15) is 74.6 Å². The molecule has 0 fully saturated rings. The van der Waals surface area contributed by atoms with Crippen molar-refractivity contribution in [1.82, 2.24) is 16.0 Å². The Morgan fingerprint density at radius 1 is 0.680 bits per heavy atom. The highest BCUT2D eigenvalue weighted by Crippen LogP contribution is 2.15. The Morgan fingerprint density at radius 3 is 1.96 bits per heavy atom. The van der Waals surface area contributed by atoms with E-state index in [1.165, 1.54) is 12.1 Å². The molecule has 1 aromatic rings. The Hall–Kier alpha value is -4.12. The van der Waals surface area contributed by atoms with E-state index < -0.39 is 18.0 Å². The minimum Gasteiger partial charge on any atom is -0.494 e. The molecule has 1 unspecified atom stereocenters. The second-order valence-electron chi connectivity index (χ2n) is 11.1. The van der Waals surface area contributed by atoms with Crippen molar-refractivity contribution in [3.63, 3.8) is 0 Å². The number of aromatic carboxylic acids is 1. The van der Waals surface area contributed by atoms with Crippen molar-refractivity contribution >= 4 is 35.9 Å². The molecule has 0 aliphatic rings. The number of hydrogen-bond acceptors (Lipinski definition) is 11. The number of nitrogens with one attached hydrogen (secondary N) is 3. The van der Waals surface area contributed by atoms with Gasteiger partial charge in [-0.3, -0.25) is 19.2 Å². The van der Waals surface area contributed by atoms with Gasteiger partial charge < -0.3 is 49.8 Å². The fourth-order valence-electron chi connectivity index (χ4n) is 4.36. The summed E-state index contributed by atoms with van der Waals surface area (Å²) < 4.78 is 26.3. The van der Waals surface area contributed by atoms with Crippen LogP contribution in [0.5, 0.6) is 5.75 Å². The maximum atomic E-state index is 12.3. The smallest absolute Gasteiger partial charge is 0.335 e. The van der Waals surface area contributed by atoms with Crippen LogP contribution in [-0.2, 0) is 42.9 Å². The first-order valence-electron chi connectivity index (χ1n) is 16.9. The van der Waals surface area contributed by atoms with Crippen LogP contribution in [-0.4, -0.2) is 125 Å². The van der Waals surface area contributed by atoms with Crippen molar-refractivity contribution in [1.29, 1.82) is 0 Å². The predicted molar refractivity (Wildman–Crippen MR) is 180 cm³/mol. The lowest BCUT2D eigenvalue weighted by atomic mass is 10.1. The zero-order chi connectivity index (χ0) is 36.7. The van der Waals surface area contributed by atoms with Gasteiger partial charge in [0.2, 0.25) is 24.0 Å². The van der Waals surface area contributed by atoms with E-state index in [0.717, 1.165) is 38.5 Å². The topological polar surface area (TPSA) is 225 Å². The monoisotopic (exact) mass is 710 g/mol. The summed E-state index contributed by atoms with van der Waals surface area (Å²) in [6.45, 7) is 2.21. The Bertz CT molecular complexity index is 1140. The van der Waals surface area contributed by atoms with E-state index in [2.05, 4.69) is 16.0 Å². The van der Waals surface area contributed by atoms with Crippen molar-refractivity contribution < 1.29 is 62.7 Å². The van der Waals surface area contributed by atoms with Gasteiger partial charge in [-0.1, -0.05) is 38.2 Å². The molecule has 5 N–H and O–H groups in total. The molecule has 0 heterocycles. The molecule has 0 aromatic heterocycles. The Morgan fingerprint density at radius 2 is 1.30 bits per heavy atom. The van der Waals surface area contributed by atoms with E-state index >= 15 is 0 Å². The van der Waals surface area contributed by atoms with Crippen LogP contribution < -0.4 is 20.7 Å². The first-order chi connectivity index (χ1) is 24.2. The van der Waals surface area contributed by atoms with Crippen LogP contribution >= 0.6 is 0 Å². The molecule has 1 aromatic carbocycles. The summed E-state index contributed by atoms with van der Waals surface area (Å²) in [4.78, 5) is 68.6. The fourth-order valence-corrected chi connectivity index (χ4v) is 4.36. The second-order valence-corrected chi connectivity index (χ2v) is 11.1. The SMILES string of the molecule is O=[C]COCCOCCNC(=O)COCCOCCNC(=O)CCC(NC(=O)CCCCCCCCCOc1cccc(C(=O)O)c1)C(=O)O. The number of rotatable bonds is 33. The van der Waals surface area contributed by atoms with Crippen molar-refractivity contribution in [2.45, 2.75) is 70.3 Å². The number of carboxylic acids is 2. The molecular formula is C34H52N3O13. The predicted octanol–water partition coefficient (Wildman–Crippen LogP) is 1.64. The van der Waals surface area contributed by atoms with Gasteiger partial charge in [-0.15, -0.1) is 0 Å². The number of benzene rings is 1. The second kappa shape index (κ2) is 29.8. The standard InChI is InChI=1S/C34H52N3O13/c38-16-20-48-22-21-46-19-15-36-32(41)26-49-24-23-47-18-14-35-30(39)13-12-29(34(44)45)37-31(40)11-6-4-2-1-3-5-7-17-50-28-10-8-9-27(25-28)33(42)43/h8-10,25,29H,1-7,11-15,17-24,26H2,(H,35,39)(H,36,41)(H,37,40)(H,42,43)(H,44,45). The highest BCUT2D eigenvalue weighted by Gasteiger charge is 2.20. The van der Waals surface area contributed by atoms with Crippen molar-refractivity contribution in [2.24, 2.45) is 0 Å². The molecular weight excluding hydrogens is 658 g/mol. The number of carboxylic acid groups (broad SMARTS) is 2. The van der Waals surface area contributed by atoms with Gasteiger partial charge in [0.25, 0.3) is 0 Å². The first kappa shape index (κ1) is 43.9. The average Bonchev–Trinajstić information content (AvgIpc) is 3.09. The van der Waals surface area contributed by atoms with E-state index in [-0.39, 0.29) is 88.7 Å². The third-order valence-corrected chi connectivity index (χ3v) is 6.97. The molecule has 0 saturated carbocycles. The molecule has 0 spiro atoms. The van der Waals surface area contributed by atoms with Crippen LogP contribution in [0.25, 0.3) is 0 Å². The van der Waals surface area contributed by atoms with Gasteiger partial charge >= 0.3 is 11.9 Å². The lowest BCUT2D eigenvalue weighted by Gasteiger charge is -2.14. The van der Waals surface area contributed by atoms with Gasteiger partial charge in [0.05, 0.1) is 51.8 Å².